The number of benzene rings is 1. The van der Waals surface area contributed by atoms with E-state index >= 15 is 0 Å². The fourth-order valence-corrected chi connectivity index (χ4v) is 2.49. The number of rotatable bonds is 10. The maximum atomic E-state index is 5.68. The van der Waals surface area contributed by atoms with E-state index in [1.165, 1.54) is 31.5 Å². The lowest BCUT2D eigenvalue weighted by atomic mass is 10.2. The molecule has 118 valence electrons. The number of nitrogens with one attached hydrogen (secondary N) is 1. The first-order valence-corrected chi connectivity index (χ1v) is 8.11. The zero-order valence-corrected chi connectivity index (χ0v) is 13.1. The van der Waals surface area contributed by atoms with E-state index in [4.69, 9.17) is 9.47 Å². The van der Waals surface area contributed by atoms with Gasteiger partial charge in [-0.2, -0.15) is 0 Å². The highest BCUT2D eigenvalue weighted by atomic mass is 16.5. The minimum absolute atomic E-state index is 0.618. The molecule has 0 atom stereocenters. The third-order valence-electron chi connectivity index (χ3n) is 3.75. The normalized spacial score (nSPS) is 15.5. The minimum atomic E-state index is 0.618. The molecule has 0 unspecified atom stereocenters. The second-order valence-corrected chi connectivity index (χ2v) is 5.43. The summed E-state index contributed by atoms with van der Waals surface area (Å²) in [5.41, 5.74) is 1.28. The molecule has 0 bridgehead atoms. The summed E-state index contributed by atoms with van der Waals surface area (Å²) in [6.45, 7) is 9.63. The quantitative estimate of drug-likeness (QED) is 0.671. The first-order valence-electron chi connectivity index (χ1n) is 8.11. The SMILES string of the molecule is CCNCc1ccc(OCCOCCN2CCCC2)cc1. The molecule has 4 heteroatoms. The molecule has 4 nitrogen and oxygen atoms in total. The number of likely N-dealkylation sites (tertiary alicyclic amines) is 1. The Morgan fingerprint density at radius 1 is 1.05 bits per heavy atom. The fourth-order valence-electron chi connectivity index (χ4n) is 2.49. The maximum Gasteiger partial charge on any atom is 0.119 e. The Labute approximate surface area is 128 Å². The second-order valence-electron chi connectivity index (χ2n) is 5.43. The van der Waals surface area contributed by atoms with Crippen LogP contribution in [0.4, 0.5) is 0 Å². The van der Waals surface area contributed by atoms with Crippen molar-refractivity contribution in [2.45, 2.75) is 26.3 Å². The molecule has 1 aromatic carbocycles. The van der Waals surface area contributed by atoms with Crippen molar-refractivity contribution in [2.24, 2.45) is 0 Å². The van der Waals surface area contributed by atoms with E-state index in [0.29, 0.717) is 13.2 Å². The third-order valence-corrected chi connectivity index (χ3v) is 3.75. The van der Waals surface area contributed by atoms with Crippen molar-refractivity contribution in [3.8, 4) is 5.75 Å². The lowest BCUT2D eigenvalue weighted by Crippen LogP contribution is -2.24. The standard InChI is InChI=1S/C17H28N2O2/c1-2-18-15-16-5-7-17(8-6-16)21-14-13-20-12-11-19-9-3-4-10-19/h5-8,18H,2-4,9-15H2,1H3. The van der Waals surface area contributed by atoms with Crippen molar-refractivity contribution in [1.82, 2.24) is 10.2 Å². The summed E-state index contributed by atoms with van der Waals surface area (Å²) in [4.78, 5) is 2.46. The van der Waals surface area contributed by atoms with Crippen LogP contribution in [0.5, 0.6) is 5.75 Å². The molecule has 0 saturated carbocycles. The molecule has 21 heavy (non-hydrogen) atoms. The first-order chi connectivity index (χ1) is 10.4. The molecular weight excluding hydrogens is 264 g/mol. The second kappa shape index (κ2) is 9.77. The predicted octanol–water partition coefficient (Wildman–Crippen LogP) is 2.29. The highest BCUT2D eigenvalue weighted by Crippen LogP contribution is 2.12. The Balaban J connectivity index is 1.51. The summed E-state index contributed by atoms with van der Waals surface area (Å²) in [5, 5.41) is 3.31. The lowest BCUT2D eigenvalue weighted by molar-refractivity contribution is 0.0846. The molecule has 1 heterocycles. The molecule has 0 spiro atoms. The van der Waals surface area contributed by atoms with Gasteiger partial charge in [0.25, 0.3) is 0 Å². The molecule has 1 aliphatic heterocycles. The molecule has 1 N–H and O–H groups in total. The Morgan fingerprint density at radius 2 is 1.81 bits per heavy atom. The summed E-state index contributed by atoms with van der Waals surface area (Å²) in [7, 11) is 0. The van der Waals surface area contributed by atoms with Gasteiger partial charge in [-0.3, -0.25) is 0 Å². The Hall–Kier alpha value is -1.10. The molecule has 0 radical (unpaired) electrons. The zero-order chi connectivity index (χ0) is 14.8. The smallest absolute Gasteiger partial charge is 0.119 e. The van der Waals surface area contributed by atoms with E-state index in [2.05, 4.69) is 29.3 Å². The largest absolute Gasteiger partial charge is 0.491 e. The monoisotopic (exact) mass is 292 g/mol. The van der Waals surface area contributed by atoms with E-state index in [1.807, 2.05) is 12.1 Å². The summed E-state index contributed by atoms with van der Waals surface area (Å²) >= 11 is 0. The van der Waals surface area contributed by atoms with Crippen molar-refractivity contribution in [2.75, 3.05) is 46.0 Å². The van der Waals surface area contributed by atoms with Crippen molar-refractivity contribution in [3.05, 3.63) is 29.8 Å². The van der Waals surface area contributed by atoms with E-state index < -0.39 is 0 Å². The van der Waals surface area contributed by atoms with Gasteiger partial charge in [0.2, 0.25) is 0 Å². The van der Waals surface area contributed by atoms with Crippen molar-refractivity contribution in [3.63, 3.8) is 0 Å². The van der Waals surface area contributed by atoms with Crippen LogP contribution >= 0.6 is 0 Å². The van der Waals surface area contributed by atoms with Crippen LogP contribution in [0.1, 0.15) is 25.3 Å². The Kier molecular flexibility index (Phi) is 7.57. The molecule has 0 aliphatic carbocycles. The van der Waals surface area contributed by atoms with Gasteiger partial charge < -0.3 is 19.7 Å². The minimum Gasteiger partial charge on any atom is -0.491 e. The molecule has 2 rings (SSSR count). The lowest BCUT2D eigenvalue weighted by Gasteiger charge is -2.14. The van der Waals surface area contributed by atoms with E-state index in [1.54, 1.807) is 0 Å². The summed E-state index contributed by atoms with van der Waals surface area (Å²) in [5.74, 6) is 0.915. The van der Waals surface area contributed by atoms with Gasteiger partial charge >= 0.3 is 0 Å². The van der Waals surface area contributed by atoms with Gasteiger partial charge in [-0.15, -0.1) is 0 Å². The highest BCUT2D eigenvalue weighted by Gasteiger charge is 2.10. The third kappa shape index (κ3) is 6.46. The summed E-state index contributed by atoms with van der Waals surface area (Å²) < 4.78 is 11.3. The molecule has 0 amide bonds. The summed E-state index contributed by atoms with van der Waals surface area (Å²) in [6.07, 6.45) is 2.68. The van der Waals surface area contributed by atoms with Crippen LogP contribution in [0, 0.1) is 0 Å². The number of hydrogen-bond donors (Lipinski definition) is 1. The van der Waals surface area contributed by atoms with Crippen LogP contribution in [-0.4, -0.2) is 50.9 Å². The van der Waals surface area contributed by atoms with Gasteiger partial charge in [-0.05, 0) is 50.2 Å². The van der Waals surface area contributed by atoms with Crippen LogP contribution in [-0.2, 0) is 11.3 Å². The van der Waals surface area contributed by atoms with Crippen molar-refractivity contribution in [1.29, 1.82) is 0 Å². The maximum absolute atomic E-state index is 5.68. The highest BCUT2D eigenvalue weighted by molar-refractivity contribution is 5.27. The molecule has 1 aromatic rings. The van der Waals surface area contributed by atoms with Crippen molar-refractivity contribution >= 4 is 0 Å². The topological polar surface area (TPSA) is 33.7 Å². The Morgan fingerprint density at radius 3 is 2.52 bits per heavy atom. The van der Waals surface area contributed by atoms with Crippen LogP contribution in [0.15, 0.2) is 24.3 Å². The van der Waals surface area contributed by atoms with Gasteiger partial charge in [0.15, 0.2) is 0 Å². The van der Waals surface area contributed by atoms with E-state index in [0.717, 1.165) is 32.0 Å². The molecule has 1 saturated heterocycles. The molecular formula is C17H28N2O2. The van der Waals surface area contributed by atoms with E-state index in [-0.39, 0.29) is 0 Å². The van der Waals surface area contributed by atoms with Crippen LogP contribution in [0.25, 0.3) is 0 Å². The zero-order valence-electron chi connectivity index (χ0n) is 13.1. The van der Waals surface area contributed by atoms with Crippen LogP contribution in [0.3, 0.4) is 0 Å². The van der Waals surface area contributed by atoms with Gasteiger partial charge in [0.1, 0.15) is 12.4 Å². The van der Waals surface area contributed by atoms with Crippen LogP contribution < -0.4 is 10.1 Å². The summed E-state index contributed by atoms with van der Waals surface area (Å²) in [6, 6.07) is 8.26. The molecule has 1 fully saturated rings. The average molecular weight is 292 g/mol. The van der Waals surface area contributed by atoms with E-state index in [9.17, 15) is 0 Å². The van der Waals surface area contributed by atoms with Gasteiger partial charge in [-0.1, -0.05) is 19.1 Å². The van der Waals surface area contributed by atoms with Crippen molar-refractivity contribution < 1.29 is 9.47 Å². The number of hydrogen-bond acceptors (Lipinski definition) is 4. The van der Waals surface area contributed by atoms with Gasteiger partial charge in [0, 0.05) is 13.1 Å². The first kappa shape index (κ1) is 16.3. The van der Waals surface area contributed by atoms with Crippen LogP contribution in [0.2, 0.25) is 0 Å². The molecule has 0 aromatic heterocycles. The fraction of sp³-hybridized carbons (Fsp3) is 0.647. The van der Waals surface area contributed by atoms with Gasteiger partial charge in [0.05, 0.1) is 13.2 Å². The Bertz CT molecular complexity index is 375. The van der Waals surface area contributed by atoms with Gasteiger partial charge in [-0.25, -0.2) is 0 Å². The molecule has 1 aliphatic rings. The number of nitrogens with zero attached hydrogens (tertiary/aromatic N) is 1. The average Bonchev–Trinajstić information content (AvgIpc) is 3.03. The number of ether oxygens (including phenoxy) is 2. The predicted molar refractivity (Wildman–Crippen MR) is 85.8 cm³/mol.